The first-order chi connectivity index (χ1) is 11.6. The third kappa shape index (κ3) is 1.98. The van der Waals surface area contributed by atoms with E-state index in [-0.39, 0.29) is 16.7 Å². The Morgan fingerprint density at radius 3 is 2.32 bits per heavy atom. The largest absolute Gasteiger partial charge is 0.481 e. The van der Waals surface area contributed by atoms with Crippen LogP contribution < -0.4 is 0 Å². The topological polar surface area (TPSA) is 98.0 Å². The molecule has 0 saturated heterocycles. The molecular weight excluding hydrogens is 320 g/mol. The molecule has 0 radical (unpaired) electrons. The lowest BCUT2D eigenvalue weighted by Gasteiger charge is -2.63. The van der Waals surface area contributed by atoms with Crippen molar-refractivity contribution in [3.05, 3.63) is 0 Å². The summed E-state index contributed by atoms with van der Waals surface area (Å²) in [6.07, 6.45) is 6.72. The minimum Gasteiger partial charge on any atom is -0.481 e. The predicted molar refractivity (Wildman–Crippen MR) is 91.8 cm³/mol. The molecule has 4 saturated carbocycles. The van der Waals surface area contributed by atoms with E-state index in [1.165, 1.54) is 0 Å². The van der Waals surface area contributed by atoms with Gasteiger partial charge in [-0.1, -0.05) is 13.3 Å². The fourth-order valence-corrected chi connectivity index (χ4v) is 8.06. The Kier molecular flexibility index (Phi) is 3.54. The molecule has 0 unspecified atom stereocenters. The van der Waals surface area contributed by atoms with Crippen LogP contribution in [-0.2, 0) is 4.79 Å². The summed E-state index contributed by atoms with van der Waals surface area (Å²) in [4.78, 5) is 12.1. The van der Waals surface area contributed by atoms with Crippen LogP contribution in [0.5, 0.6) is 0 Å². The average molecular weight is 352 g/mol. The predicted octanol–water partition coefficient (Wildman–Crippen LogP) is 2.32. The van der Waals surface area contributed by atoms with Crippen molar-refractivity contribution < 1.29 is 25.2 Å². The first-order valence-corrected chi connectivity index (χ1v) is 9.84. The molecule has 0 amide bonds. The lowest BCUT2D eigenvalue weighted by Crippen LogP contribution is -2.59. The second kappa shape index (κ2) is 4.99. The third-order valence-electron chi connectivity index (χ3n) is 9.19. The summed E-state index contributed by atoms with van der Waals surface area (Å²) in [5.41, 5.74) is -3.49. The molecule has 4 aliphatic rings. The molecule has 4 aliphatic carbocycles. The number of carboxylic acid groups (broad SMARTS) is 1. The van der Waals surface area contributed by atoms with E-state index in [1.54, 1.807) is 0 Å². The zero-order chi connectivity index (χ0) is 18.3. The second-order valence-electron chi connectivity index (χ2n) is 10.2. The highest BCUT2D eigenvalue weighted by Crippen LogP contribution is 2.73. The van der Waals surface area contributed by atoms with Crippen molar-refractivity contribution in [2.75, 3.05) is 6.61 Å². The minimum atomic E-state index is -1.41. The maximum Gasteiger partial charge on any atom is 0.309 e. The fourth-order valence-electron chi connectivity index (χ4n) is 8.06. The average Bonchev–Trinajstić information content (AvgIpc) is 2.69. The van der Waals surface area contributed by atoms with Gasteiger partial charge in [0.2, 0.25) is 0 Å². The van der Waals surface area contributed by atoms with Gasteiger partial charge in [0.05, 0.1) is 17.6 Å². The Hall–Kier alpha value is -0.650. The Labute approximate surface area is 149 Å². The van der Waals surface area contributed by atoms with Gasteiger partial charge in [-0.3, -0.25) is 4.79 Å². The molecule has 0 heterocycles. The lowest BCUT2D eigenvalue weighted by atomic mass is 9.41. The smallest absolute Gasteiger partial charge is 0.309 e. The Balaban J connectivity index is 1.75. The van der Waals surface area contributed by atoms with E-state index < -0.39 is 29.2 Å². The number of hydrogen-bond acceptors (Lipinski definition) is 4. The minimum absolute atomic E-state index is 0.0638. The van der Waals surface area contributed by atoms with Crippen molar-refractivity contribution in [1.29, 1.82) is 0 Å². The Morgan fingerprint density at radius 2 is 1.68 bits per heavy atom. The number of carbonyl (C=O) groups is 1. The molecule has 4 N–H and O–H groups in total. The van der Waals surface area contributed by atoms with Crippen LogP contribution >= 0.6 is 0 Å². The summed E-state index contributed by atoms with van der Waals surface area (Å²) >= 11 is 0. The molecule has 0 aliphatic heterocycles. The van der Waals surface area contributed by atoms with Crippen LogP contribution in [0.25, 0.3) is 0 Å². The van der Waals surface area contributed by atoms with Gasteiger partial charge < -0.3 is 20.4 Å². The number of aliphatic carboxylic acids is 1. The van der Waals surface area contributed by atoms with Gasteiger partial charge in [-0.25, -0.2) is 0 Å². The van der Waals surface area contributed by atoms with Gasteiger partial charge in [-0.15, -0.1) is 0 Å². The first-order valence-electron chi connectivity index (χ1n) is 9.84. The molecule has 4 fully saturated rings. The lowest BCUT2D eigenvalue weighted by molar-refractivity contribution is -0.190. The van der Waals surface area contributed by atoms with E-state index in [9.17, 15) is 25.2 Å². The summed E-state index contributed by atoms with van der Waals surface area (Å²) < 4.78 is 0. The second-order valence-corrected chi connectivity index (χ2v) is 10.2. The van der Waals surface area contributed by atoms with Crippen molar-refractivity contribution >= 4 is 5.97 Å². The van der Waals surface area contributed by atoms with Gasteiger partial charge in [0.1, 0.15) is 5.60 Å². The van der Waals surface area contributed by atoms with Crippen LogP contribution in [0.2, 0.25) is 0 Å². The van der Waals surface area contributed by atoms with Crippen molar-refractivity contribution in [3.63, 3.8) is 0 Å². The highest BCUT2D eigenvalue weighted by Gasteiger charge is 2.72. The Morgan fingerprint density at radius 1 is 1.00 bits per heavy atom. The number of fused-ring (bicyclic) bond motifs is 3. The van der Waals surface area contributed by atoms with E-state index in [4.69, 9.17) is 0 Å². The molecule has 2 bridgehead atoms. The summed E-state index contributed by atoms with van der Waals surface area (Å²) in [6.45, 7) is 3.79. The summed E-state index contributed by atoms with van der Waals surface area (Å²) in [5.74, 6) is -0.209. The molecule has 0 aromatic rings. The zero-order valence-corrected chi connectivity index (χ0v) is 15.4. The standard InChI is InChI=1S/C20H32O5/c1-16-6-3-7-17(2,15(22)23)13(16)4-8-18-10-19(24,9-5-14(16)18)20(25,11-18)12-21/h13-14,21,24-25H,3-12H2,1-2H3,(H,22,23)/t13-,14-,16+,17+,18-,19-,20-/m0/s1. The maximum absolute atomic E-state index is 12.1. The van der Waals surface area contributed by atoms with Crippen molar-refractivity contribution in [3.8, 4) is 0 Å². The number of aliphatic hydroxyl groups excluding tert-OH is 1. The molecule has 142 valence electrons. The van der Waals surface area contributed by atoms with Crippen LogP contribution in [0, 0.1) is 28.1 Å². The molecule has 0 aromatic heterocycles. The fraction of sp³-hybridized carbons (Fsp3) is 0.950. The van der Waals surface area contributed by atoms with Crippen molar-refractivity contribution in [2.45, 2.75) is 82.8 Å². The highest BCUT2D eigenvalue weighted by molar-refractivity contribution is 5.75. The van der Waals surface area contributed by atoms with Crippen LogP contribution in [0.4, 0.5) is 0 Å². The zero-order valence-electron chi connectivity index (χ0n) is 15.4. The molecule has 7 atom stereocenters. The third-order valence-corrected chi connectivity index (χ3v) is 9.19. The molecule has 5 nitrogen and oxygen atoms in total. The number of aliphatic hydroxyl groups is 3. The Bertz CT molecular complexity index is 605. The molecule has 1 spiro atoms. The molecule has 4 rings (SSSR count). The van der Waals surface area contributed by atoms with Crippen molar-refractivity contribution in [2.24, 2.45) is 28.1 Å². The molecule has 5 heteroatoms. The monoisotopic (exact) mass is 352 g/mol. The molecule has 0 aromatic carbocycles. The van der Waals surface area contributed by atoms with Crippen molar-refractivity contribution in [1.82, 2.24) is 0 Å². The number of rotatable bonds is 2. The van der Waals surface area contributed by atoms with Gasteiger partial charge in [0, 0.05) is 0 Å². The maximum atomic E-state index is 12.1. The van der Waals surface area contributed by atoms with Crippen LogP contribution in [-0.4, -0.2) is 44.2 Å². The SMILES string of the molecule is C[C@@]12CCC[C@@](C)(C(=O)O)[C@H]1CC[C@]13C[C@](O)(CO)[C@](O)(CC[C@H]12)C3. The van der Waals surface area contributed by atoms with Crippen LogP contribution in [0.3, 0.4) is 0 Å². The van der Waals surface area contributed by atoms with Gasteiger partial charge in [-0.05, 0) is 81.0 Å². The highest BCUT2D eigenvalue weighted by atomic mass is 16.4. The normalized spacial score (nSPS) is 57.6. The van der Waals surface area contributed by atoms with Gasteiger partial charge in [-0.2, -0.15) is 0 Å². The van der Waals surface area contributed by atoms with E-state index >= 15 is 0 Å². The molecule has 25 heavy (non-hydrogen) atoms. The van der Waals surface area contributed by atoms with Crippen LogP contribution in [0.1, 0.15) is 71.6 Å². The van der Waals surface area contributed by atoms with Gasteiger partial charge in [0.25, 0.3) is 0 Å². The van der Waals surface area contributed by atoms with Gasteiger partial charge in [0.15, 0.2) is 0 Å². The van der Waals surface area contributed by atoms with E-state index in [0.717, 1.165) is 38.5 Å². The van der Waals surface area contributed by atoms with E-state index in [1.807, 2.05) is 6.92 Å². The quantitative estimate of drug-likeness (QED) is 0.611. The van der Waals surface area contributed by atoms with Gasteiger partial charge >= 0.3 is 5.97 Å². The summed E-state index contributed by atoms with van der Waals surface area (Å²) in [7, 11) is 0. The molecular formula is C20H32O5. The summed E-state index contributed by atoms with van der Waals surface area (Å²) in [6, 6.07) is 0. The summed E-state index contributed by atoms with van der Waals surface area (Å²) in [5, 5.41) is 41.7. The van der Waals surface area contributed by atoms with Crippen LogP contribution in [0.15, 0.2) is 0 Å². The van der Waals surface area contributed by atoms with E-state index in [2.05, 4.69) is 6.92 Å². The number of carboxylic acids is 1. The first kappa shape index (κ1) is 17.7. The van der Waals surface area contributed by atoms with E-state index in [0.29, 0.717) is 25.2 Å². The number of hydrogen-bond donors (Lipinski definition) is 4.